The van der Waals surface area contributed by atoms with E-state index in [1.54, 1.807) is 0 Å². The van der Waals surface area contributed by atoms with Crippen molar-refractivity contribution in [3.05, 3.63) is 34.4 Å². The van der Waals surface area contributed by atoms with Crippen LogP contribution in [0, 0.1) is 6.92 Å². The Balaban J connectivity index is 2.13. The van der Waals surface area contributed by atoms with Gasteiger partial charge in [-0.1, -0.05) is 28.1 Å². The smallest absolute Gasteiger partial charge is 0.410 e. The lowest BCUT2D eigenvalue weighted by Crippen LogP contribution is -2.38. The number of fused-ring (bicyclic) bond motifs is 1. The second-order valence-corrected chi connectivity index (χ2v) is 7.21. The first-order valence-electron chi connectivity index (χ1n) is 7.45. The number of halogens is 1. The number of alkyl halides is 1. The fraction of sp³-hybridized carbons (Fsp3) is 0.588. The van der Waals surface area contributed by atoms with E-state index >= 15 is 0 Å². The second kappa shape index (κ2) is 6.39. The Bertz CT molecular complexity index is 534. The maximum absolute atomic E-state index is 12.2. The van der Waals surface area contributed by atoms with Crippen LogP contribution in [0.1, 0.15) is 43.0 Å². The molecule has 1 aliphatic heterocycles. The van der Waals surface area contributed by atoms with Gasteiger partial charge in [0, 0.05) is 18.4 Å². The van der Waals surface area contributed by atoms with Crippen LogP contribution in [0.5, 0.6) is 0 Å². The first kappa shape index (κ1) is 16.3. The predicted octanol–water partition coefficient (Wildman–Crippen LogP) is 4.23. The van der Waals surface area contributed by atoms with E-state index in [1.807, 2.05) is 25.7 Å². The van der Waals surface area contributed by atoms with Crippen LogP contribution in [0.4, 0.5) is 4.79 Å². The fourth-order valence-corrected chi connectivity index (χ4v) is 3.08. The molecule has 1 aromatic rings. The summed E-state index contributed by atoms with van der Waals surface area (Å²) >= 11 is 3.52. The molecule has 4 heteroatoms. The van der Waals surface area contributed by atoms with E-state index in [1.165, 1.54) is 22.3 Å². The van der Waals surface area contributed by atoms with E-state index in [4.69, 9.17) is 4.74 Å². The Morgan fingerprint density at radius 2 is 1.95 bits per heavy atom. The minimum absolute atomic E-state index is 0.200. The van der Waals surface area contributed by atoms with Gasteiger partial charge in [-0.05, 0) is 62.8 Å². The normalized spacial score (nSPS) is 15.4. The average Bonchev–Trinajstić information content (AvgIpc) is 2.59. The van der Waals surface area contributed by atoms with E-state index in [-0.39, 0.29) is 6.09 Å². The minimum atomic E-state index is -0.435. The third kappa shape index (κ3) is 4.22. The van der Waals surface area contributed by atoms with Gasteiger partial charge in [0.2, 0.25) is 0 Å². The first-order valence-corrected chi connectivity index (χ1v) is 8.57. The SMILES string of the molecule is Cc1cc(CBr)cc2c1CCN(C(=O)OC(C)(C)C)CC2. The molecule has 0 atom stereocenters. The summed E-state index contributed by atoms with van der Waals surface area (Å²) in [5.74, 6) is 0. The van der Waals surface area contributed by atoms with Gasteiger partial charge in [-0.2, -0.15) is 0 Å². The summed E-state index contributed by atoms with van der Waals surface area (Å²) in [5, 5.41) is 0.872. The summed E-state index contributed by atoms with van der Waals surface area (Å²) in [6.07, 6.45) is 1.60. The molecule has 1 amide bonds. The predicted molar refractivity (Wildman–Crippen MR) is 89.0 cm³/mol. The maximum Gasteiger partial charge on any atom is 0.410 e. The minimum Gasteiger partial charge on any atom is -0.444 e. The van der Waals surface area contributed by atoms with E-state index in [9.17, 15) is 4.79 Å². The van der Waals surface area contributed by atoms with E-state index in [0.717, 1.165) is 31.3 Å². The van der Waals surface area contributed by atoms with Gasteiger partial charge in [-0.15, -0.1) is 0 Å². The summed E-state index contributed by atoms with van der Waals surface area (Å²) in [6, 6.07) is 4.49. The number of ether oxygens (including phenoxy) is 1. The molecule has 0 radical (unpaired) electrons. The van der Waals surface area contributed by atoms with Gasteiger partial charge in [-0.25, -0.2) is 4.79 Å². The first-order chi connectivity index (χ1) is 9.80. The molecule has 21 heavy (non-hydrogen) atoms. The zero-order valence-electron chi connectivity index (χ0n) is 13.3. The third-order valence-corrected chi connectivity index (χ3v) is 4.36. The van der Waals surface area contributed by atoms with Crippen LogP contribution >= 0.6 is 15.9 Å². The van der Waals surface area contributed by atoms with E-state index in [2.05, 4.69) is 35.0 Å². The highest BCUT2D eigenvalue weighted by Gasteiger charge is 2.24. The quantitative estimate of drug-likeness (QED) is 0.707. The average molecular weight is 354 g/mol. The Hall–Kier alpha value is -1.03. The molecular weight excluding hydrogens is 330 g/mol. The number of aryl methyl sites for hydroxylation is 1. The van der Waals surface area contributed by atoms with E-state index < -0.39 is 5.60 Å². The zero-order valence-corrected chi connectivity index (χ0v) is 14.9. The van der Waals surface area contributed by atoms with E-state index in [0.29, 0.717) is 0 Å². The summed E-state index contributed by atoms with van der Waals surface area (Å²) in [6.45, 7) is 9.34. The standard InChI is InChI=1S/C17H24BrNO2/c1-12-9-13(11-18)10-14-5-7-19(8-6-15(12)14)16(20)21-17(2,3)4/h9-10H,5-8,11H2,1-4H3. The topological polar surface area (TPSA) is 29.5 Å². The highest BCUT2D eigenvalue weighted by atomic mass is 79.9. The van der Waals surface area contributed by atoms with Crippen molar-refractivity contribution >= 4 is 22.0 Å². The summed E-state index contributed by atoms with van der Waals surface area (Å²) in [7, 11) is 0. The Morgan fingerprint density at radius 3 is 2.57 bits per heavy atom. The Kier molecular flexibility index (Phi) is 4.97. The molecular formula is C17H24BrNO2. The molecule has 0 saturated carbocycles. The van der Waals surface area contributed by atoms with Crippen LogP contribution in [-0.4, -0.2) is 29.7 Å². The van der Waals surface area contributed by atoms with Crippen molar-refractivity contribution in [3.8, 4) is 0 Å². The third-order valence-electron chi connectivity index (χ3n) is 3.71. The molecule has 0 aliphatic carbocycles. The Labute approximate surface area is 135 Å². The molecule has 116 valence electrons. The number of hydrogen-bond donors (Lipinski definition) is 0. The molecule has 0 saturated heterocycles. The number of nitrogens with zero attached hydrogens (tertiary/aromatic N) is 1. The lowest BCUT2D eigenvalue weighted by Gasteiger charge is -2.26. The van der Waals surface area contributed by atoms with Crippen LogP contribution in [0.25, 0.3) is 0 Å². The number of amides is 1. The fourth-order valence-electron chi connectivity index (χ4n) is 2.75. The summed E-state index contributed by atoms with van der Waals surface area (Å²) in [4.78, 5) is 14.1. The number of carbonyl (C=O) groups excluding carboxylic acids is 1. The lowest BCUT2D eigenvalue weighted by atomic mass is 9.96. The van der Waals surface area contributed by atoms with Crippen molar-refractivity contribution < 1.29 is 9.53 Å². The molecule has 0 fully saturated rings. The highest BCUT2D eigenvalue weighted by Crippen LogP contribution is 2.24. The van der Waals surface area contributed by atoms with Crippen LogP contribution in [0.2, 0.25) is 0 Å². The molecule has 0 bridgehead atoms. The molecule has 1 aromatic carbocycles. The molecule has 3 nitrogen and oxygen atoms in total. The van der Waals surface area contributed by atoms with Gasteiger partial charge in [0.05, 0.1) is 0 Å². The monoisotopic (exact) mass is 353 g/mol. The molecule has 0 N–H and O–H groups in total. The molecule has 2 rings (SSSR count). The molecule has 0 unspecified atom stereocenters. The molecule has 1 aliphatic rings. The largest absolute Gasteiger partial charge is 0.444 e. The molecule has 0 spiro atoms. The van der Waals surface area contributed by atoms with Gasteiger partial charge in [-0.3, -0.25) is 0 Å². The van der Waals surface area contributed by atoms with Crippen LogP contribution in [0.3, 0.4) is 0 Å². The number of hydrogen-bond acceptors (Lipinski definition) is 2. The maximum atomic E-state index is 12.2. The number of benzene rings is 1. The summed E-state index contributed by atoms with van der Waals surface area (Å²) < 4.78 is 5.49. The Morgan fingerprint density at radius 1 is 1.29 bits per heavy atom. The van der Waals surface area contributed by atoms with Crippen LogP contribution < -0.4 is 0 Å². The van der Waals surface area contributed by atoms with Crippen molar-refractivity contribution in [1.82, 2.24) is 4.90 Å². The molecule has 1 heterocycles. The van der Waals surface area contributed by atoms with Gasteiger partial charge < -0.3 is 9.64 Å². The second-order valence-electron chi connectivity index (χ2n) is 6.65. The highest BCUT2D eigenvalue weighted by molar-refractivity contribution is 9.08. The zero-order chi connectivity index (χ0) is 15.6. The van der Waals surface area contributed by atoms with Gasteiger partial charge in [0.15, 0.2) is 0 Å². The van der Waals surface area contributed by atoms with Gasteiger partial charge >= 0.3 is 6.09 Å². The van der Waals surface area contributed by atoms with Gasteiger partial charge in [0.25, 0.3) is 0 Å². The van der Waals surface area contributed by atoms with Crippen molar-refractivity contribution in [3.63, 3.8) is 0 Å². The van der Waals surface area contributed by atoms with Crippen molar-refractivity contribution in [2.75, 3.05) is 13.1 Å². The lowest BCUT2D eigenvalue weighted by molar-refractivity contribution is 0.0258. The van der Waals surface area contributed by atoms with Crippen LogP contribution in [-0.2, 0) is 22.9 Å². The van der Waals surface area contributed by atoms with Crippen molar-refractivity contribution in [2.24, 2.45) is 0 Å². The van der Waals surface area contributed by atoms with Crippen molar-refractivity contribution in [1.29, 1.82) is 0 Å². The number of carbonyl (C=O) groups is 1. The summed E-state index contributed by atoms with van der Waals surface area (Å²) in [5.41, 5.74) is 4.96. The van der Waals surface area contributed by atoms with Gasteiger partial charge in [0.1, 0.15) is 5.60 Å². The molecule has 0 aromatic heterocycles. The number of rotatable bonds is 1. The van der Waals surface area contributed by atoms with Crippen LogP contribution in [0.15, 0.2) is 12.1 Å². The van der Waals surface area contributed by atoms with Crippen molar-refractivity contribution in [2.45, 2.75) is 51.5 Å².